The van der Waals surface area contributed by atoms with Gasteiger partial charge in [0.15, 0.2) is 0 Å². The molecule has 0 saturated heterocycles. The fourth-order valence-corrected chi connectivity index (χ4v) is 1.55. The average molecular weight is 290 g/mol. The monoisotopic (exact) mass is 290 g/mol. The number of hydrogen-bond acceptors (Lipinski definition) is 3. The van der Waals surface area contributed by atoms with Crippen molar-refractivity contribution in [3.8, 4) is 5.75 Å². The minimum absolute atomic E-state index is 0.0653. The zero-order valence-corrected chi connectivity index (χ0v) is 10.9. The molecule has 1 N–H and O–H groups in total. The Balaban J connectivity index is 1.91. The second-order valence-corrected chi connectivity index (χ2v) is 4.01. The fraction of sp³-hybridized carbons (Fsp3) is 0.0667. The number of ether oxygens (including phenoxy) is 1. The first-order chi connectivity index (χ1) is 10.1. The highest BCUT2D eigenvalue weighted by Crippen LogP contribution is 2.13. The summed E-state index contributed by atoms with van der Waals surface area (Å²) < 4.78 is 28.2. The molecule has 0 unspecified atom stereocenters. The van der Waals surface area contributed by atoms with E-state index in [-0.39, 0.29) is 11.7 Å². The number of carbonyl (C=O) groups excluding carboxylic acids is 1. The second kappa shape index (κ2) is 7.14. The Morgan fingerprint density at radius 3 is 2.38 bits per heavy atom. The highest BCUT2D eigenvalue weighted by atomic mass is 19.3. The zero-order valence-electron chi connectivity index (χ0n) is 10.9. The number of nitrogens with one attached hydrogen (secondary N) is 1. The zero-order chi connectivity index (χ0) is 15.1. The summed E-state index contributed by atoms with van der Waals surface area (Å²) in [7, 11) is 0. The molecular formula is C15H12F2N2O2. The van der Waals surface area contributed by atoms with Crippen LogP contribution in [0.15, 0.2) is 59.7 Å². The largest absolute Gasteiger partial charge is 0.435 e. The predicted octanol–water partition coefficient (Wildman–Crippen LogP) is 3.05. The van der Waals surface area contributed by atoms with Crippen LogP contribution in [-0.2, 0) is 0 Å². The van der Waals surface area contributed by atoms with Gasteiger partial charge in [0.1, 0.15) is 5.75 Å². The summed E-state index contributed by atoms with van der Waals surface area (Å²) in [6, 6.07) is 14.5. The molecule has 4 nitrogen and oxygen atoms in total. The predicted molar refractivity (Wildman–Crippen MR) is 74.6 cm³/mol. The van der Waals surface area contributed by atoms with Crippen LogP contribution in [0.4, 0.5) is 8.78 Å². The fourth-order valence-electron chi connectivity index (χ4n) is 1.55. The molecule has 0 atom stereocenters. The van der Waals surface area contributed by atoms with E-state index in [9.17, 15) is 13.6 Å². The summed E-state index contributed by atoms with van der Waals surface area (Å²) in [6.07, 6.45) is 1.41. The molecule has 0 spiro atoms. The van der Waals surface area contributed by atoms with Crippen LogP contribution in [0.3, 0.4) is 0 Å². The third-order valence-corrected chi connectivity index (χ3v) is 2.52. The van der Waals surface area contributed by atoms with Crippen molar-refractivity contribution in [2.24, 2.45) is 5.10 Å². The number of nitrogens with zero attached hydrogens (tertiary/aromatic N) is 1. The van der Waals surface area contributed by atoms with Gasteiger partial charge in [-0.25, -0.2) is 5.43 Å². The van der Waals surface area contributed by atoms with Crippen molar-refractivity contribution < 1.29 is 18.3 Å². The van der Waals surface area contributed by atoms with Crippen molar-refractivity contribution in [2.75, 3.05) is 0 Å². The number of rotatable bonds is 5. The van der Waals surface area contributed by atoms with E-state index < -0.39 is 6.61 Å². The second-order valence-electron chi connectivity index (χ2n) is 4.01. The lowest BCUT2D eigenvalue weighted by molar-refractivity contribution is -0.0498. The minimum atomic E-state index is -2.85. The van der Waals surface area contributed by atoms with Crippen LogP contribution in [0.2, 0.25) is 0 Å². The van der Waals surface area contributed by atoms with E-state index in [1.54, 1.807) is 36.4 Å². The van der Waals surface area contributed by atoms with Crippen molar-refractivity contribution in [3.63, 3.8) is 0 Å². The van der Waals surface area contributed by atoms with Crippen molar-refractivity contribution in [1.82, 2.24) is 5.43 Å². The normalized spacial score (nSPS) is 10.8. The molecule has 6 heteroatoms. The van der Waals surface area contributed by atoms with E-state index in [1.807, 2.05) is 6.07 Å². The maximum atomic E-state index is 12.0. The standard InChI is InChI=1S/C15H12F2N2O2/c16-15(17)21-13-8-6-11(7-9-13)10-18-19-14(20)12-4-2-1-3-5-12/h1-10,15H,(H,19,20)/b18-10+. The van der Waals surface area contributed by atoms with Crippen LogP contribution in [0.25, 0.3) is 0 Å². The summed E-state index contributed by atoms with van der Waals surface area (Å²) in [5, 5.41) is 3.80. The number of halogens is 2. The molecule has 0 saturated carbocycles. The molecule has 0 bridgehead atoms. The summed E-state index contributed by atoms with van der Waals surface area (Å²) in [5.74, 6) is -0.264. The van der Waals surface area contributed by atoms with E-state index >= 15 is 0 Å². The van der Waals surface area contributed by atoms with E-state index in [2.05, 4.69) is 15.3 Å². The van der Waals surface area contributed by atoms with Crippen molar-refractivity contribution in [3.05, 3.63) is 65.7 Å². The molecule has 0 aromatic heterocycles. The van der Waals surface area contributed by atoms with E-state index in [0.29, 0.717) is 11.1 Å². The van der Waals surface area contributed by atoms with Crippen LogP contribution in [0.1, 0.15) is 15.9 Å². The third-order valence-electron chi connectivity index (χ3n) is 2.52. The number of carbonyl (C=O) groups is 1. The molecule has 0 aliphatic carbocycles. The number of benzene rings is 2. The van der Waals surface area contributed by atoms with Gasteiger partial charge < -0.3 is 4.74 Å². The van der Waals surface area contributed by atoms with Crippen LogP contribution in [0, 0.1) is 0 Å². The van der Waals surface area contributed by atoms with Crippen LogP contribution in [-0.4, -0.2) is 18.7 Å². The van der Waals surface area contributed by atoms with Gasteiger partial charge in [-0.3, -0.25) is 4.79 Å². The topological polar surface area (TPSA) is 50.7 Å². The number of hydrazone groups is 1. The Bertz CT molecular complexity index is 613. The summed E-state index contributed by atoms with van der Waals surface area (Å²) in [6.45, 7) is -2.85. The van der Waals surface area contributed by atoms with Gasteiger partial charge in [0, 0.05) is 5.56 Å². The lowest BCUT2D eigenvalue weighted by atomic mass is 10.2. The maximum absolute atomic E-state index is 12.0. The molecule has 0 aliphatic heterocycles. The Hall–Kier alpha value is -2.76. The molecule has 2 aromatic rings. The SMILES string of the molecule is O=C(N/N=C/c1ccc(OC(F)F)cc1)c1ccccc1. The third kappa shape index (κ3) is 4.68. The molecule has 108 valence electrons. The van der Waals surface area contributed by atoms with Gasteiger partial charge in [0.05, 0.1) is 6.21 Å². The van der Waals surface area contributed by atoms with Gasteiger partial charge in [0.25, 0.3) is 5.91 Å². The lowest BCUT2D eigenvalue weighted by Gasteiger charge is -2.03. The molecule has 2 rings (SSSR count). The minimum Gasteiger partial charge on any atom is -0.435 e. The van der Waals surface area contributed by atoms with Crippen molar-refractivity contribution in [1.29, 1.82) is 0 Å². The number of amides is 1. The van der Waals surface area contributed by atoms with Gasteiger partial charge in [-0.15, -0.1) is 0 Å². The number of alkyl halides is 2. The van der Waals surface area contributed by atoms with Crippen LogP contribution in [0.5, 0.6) is 5.75 Å². The van der Waals surface area contributed by atoms with E-state index in [0.717, 1.165) is 0 Å². The Morgan fingerprint density at radius 1 is 1.10 bits per heavy atom. The van der Waals surface area contributed by atoms with E-state index in [1.165, 1.54) is 18.3 Å². The first-order valence-corrected chi connectivity index (χ1v) is 6.08. The summed E-state index contributed by atoms with van der Waals surface area (Å²) >= 11 is 0. The van der Waals surface area contributed by atoms with Gasteiger partial charge in [-0.1, -0.05) is 18.2 Å². The first-order valence-electron chi connectivity index (χ1n) is 6.08. The quantitative estimate of drug-likeness (QED) is 0.679. The summed E-state index contributed by atoms with van der Waals surface area (Å²) in [4.78, 5) is 11.7. The molecule has 0 heterocycles. The Labute approximate surface area is 120 Å². The molecule has 0 aliphatic rings. The molecule has 2 aromatic carbocycles. The molecule has 0 radical (unpaired) electrons. The Kier molecular flexibility index (Phi) is 4.98. The van der Waals surface area contributed by atoms with Crippen LogP contribution >= 0.6 is 0 Å². The van der Waals surface area contributed by atoms with Crippen LogP contribution < -0.4 is 10.2 Å². The molecule has 21 heavy (non-hydrogen) atoms. The Morgan fingerprint density at radius 2 is 1.76 bits per heavy atom. The lowest BCUT2D eigenvalue weighted by Crippen LogP contribution is -2.17. The molecule has 1 amide bonds. The van der Waals surface area contributed by atoms with Gasteiger partial charge in [-0.2, -0.15) is 13.9 Å². The highest BCUT2D eigenvalue weighted by molar-refractivity contribution is 5.94. The molecular weight excluding hydrogens is 278 g/mol. The van der Waals surface area contributed by atoms with Gasteiger partial charge in [0.2, 0.25) is 0 Å². The highest BCUT2D eigenvalue weighted by Gasteiger charge is 2.03. The van der Waals surface area contributed by atoms with Gasteiger partial charge in [-0.05, 0) is 42.0 Å². The van der Waals surface area contributed by atoms with E-state index in [4.69, 9.17) is 0 Å². The van der Waals surface area contributed by atoms with Crippen molar-refractivity contribution >= 4 is 12.1 Å². The average Bonchev–Trinajstić information content (AvgIpc) is 2.49. The first kappa shape index (κ1) is 14.6. The number of hydrogen-bond donors (Lipinski definition) is 1. The summed E-state index contributed by atoms with van der Waals surface area (Å²) in [5.41, 5.74) is 3.51. The maximum Gasteiger partial charge on any atom is 0.387 e. The smallest absolute Gasteiger partial charge is 0.387 e. The molecule has 0 fully saturated rings. The van der Waals surface area contributed by atoms with Crippen molar-refractivity contribution in [2.45, 2.75) is 6.61 Å². The van der Waals surface area contributed by atoms with Gasteiger partial charge >= 0.3 is 6.61 Å².